The third-order valence-corrected chi connectivity index (χ3v) is 5.89. The maximum absolute atomic E-state index is 13.5. The fraction of sp³-hybridized carbons (Fsp3) is 0.167. The molecule has 0 unspecified atom stereocenters. The predicted molar refractivity (Wildman–Crippen MR) is 118 cm³/mol. The molecule has 2 aromatic heterocycles. The summed E-state index contributed by atoms with van der Waals surface area (Å²) in [5, 5.41) is 0.650. The van der Waals surface area contributed by atoms with Gasteiger partial charge in [0.1, 0.15) is 10.7 Å². The predicted octanol–water partition coefficient (Wildman–Crippen LogP) is 5.35. The number of hydrogen-bond acceptors (Lipinski definition) is 3. The van der Waals surface area contributed by atoms with E-state index in [4.69, 9.17) is 11.4 Å². The minimum atomic E-state index is -0.0848. The summed E-state index contributed by atoms with van der Waals surface area (Å²) in [7, 11) is 0. The molecule has 28 heavy (non-hydrogen) atoms. The molecule has 3 nitrogen and oxygen atoms in total. The molecule has 4 heteroatoms. The van der Waals surface area contributed by atoms with E-state index in [1.54, 1.807) is 15.9 Å². The molecule has 4 rings (SSSR count). The number of aromatic nitrogens is 2. The van der Waals surface area contributed by atoms with Crippen LogP contribution in [0.2, 0.25) is 0 Å². The van der Waals surface area contributed by atoms with Gasteiger partial charge in [-0.3, -0.25) is 9.36 Å². The van der Waals surface area contributed by atoms with Crippen LogP contribution in [-0.4, -0.2) is 9.55 Å². The van der Waals surface area contributed by atoms with Gasteiger partial charge in [0.25, 0.3) is 5.56 Å². The minimum Gasteiger partial charge on any atom is -0.280 e. The normalized spacial score (nSPS) is 10.9. The molecular formula is C24H20N2OS. The standard InChI is InChI=1S/C24H20N2OS/c1-5-14-26-22(19-12-8-16(3)9-13-19)25-23-21(24(26)27)20(17(4)28-23)18-10-6-15(2)7-11-18/h1,6-13H,14H2,2-4H3. The summed E-state index contributed by atoms with van der Waals surface area (Å²) in [6.07, 6.45) is 5.58. The maximum Gasteiger partial charge on any atom is 0.264 e. The first kappa shape index (κ1) is 18.2. The Morgan fingerprint density at radius 3 is 2.11 bits per heavy atom. The van der Waals surface area contributed by atoms with Crippen molar-refractivity contribution in [2.45, 2.75) is 27.3 Å². The average molecular weight is 385 g/mol. The van der Waals surface area contributed by atoms with Crippen molar-refractivity contribution in [3.63, 3.8) is 0 Å². The molecule has 0 aliphatic carbocycles. The molecular weight excluding hydrogens is 364 g/mol. The van der Waals surface area contributed by atoms with Gasteiger partial charge in [0.2, 0.25) is 0 Å². The first-order valence-corrected chi connectivity index (χ1v) is 9.92. The van der Waals surface area contributed by atoms with Crippen molar-refractivity contribution in [1.82, 2.24) is 9.55 Å². The van der Waals surface area contributed by atoms with Crippen LogP contribution < -0.4 is 5.56 Å². The summed E-state index contributed by atoms with van der Waals surface area (Å²) < 4.78 is 1.61. The largest absolute Gasteiger partial charge is 0.280 e. The van der Waals surface area contributed by atoms with Gasteiger partial charge in [0.15, 0.2) is 0 Å². The summed E-state index contributed by atoms with van der Waals surface area (Å²) in [6, 6.07) is 16.2. The molecule has 0 bridgehead atoms. The van der Waals surface area contributed by atoms with E-state index < -0.39 is 0 Å². The van der Waals surface area contributed by atoms with Crippen LogP contribution in [0, 0.1) is 33.1 Å². The highest BCUT2D eigenvalue weighted by Crippen LogP contribution is 2.36. The Bertz CT molecular complexity index is 1270. The molecule has 2 heterocycles. The Kier molecular flexibility index (Phi) is 4.62. The highest BCUT2D eigenvalue weighted by atomic mass is 32.1. The van der Waals surface area contributed by atoms with Crippen LogP contribution in [0.3, 0.4) is 0 Å². The van der Waals surface area contributed by atoms with Crippen LogP contribution in [0.25, 0.3) is 32.7 Å². The summed E-state index contributed by atoms with van der Waals surface area (Å²) in [5.74, 6) is 3.23. The second-order valence-corrected chi connectivity index (χ2v) is 8.18. The fourth-order valence-electron chi connectivity index (χ4n) is 3.42. The van der Waals surface area contributed by atoms with Crippen LogP contribution in [0.5, 0.6) is 0 Å². The lowest BCUT2D eigenvalue weighted by Gasteiger charge is -2.11. The molecule has 0 saturated carbocycles. The Hall–Kier alpha value is -3.16. The number of rotatable bonds is 3. The van der Waals surface area contributed by atoms with E-state index in [2.05, 4.69) is 37.1 Å². The van der Waals surface area contributed by atoms with E-state index in [0.29, 0.717) is 11.2 Å². The molecule has 0 fully saturated rings. The molecule has 0 spiro atoms. The number of benzene rings is 2. The van der Waals surface area contributed by atoms with Gasteiger partial charge in [0, 0.05) is 16.0 Å². The van der Waals surface area contributed by atoms with E-state index in [0.717, 1.165) is 32.0 Å². The molecule has 0 aliphatic heterocycles. The minimum absolute atomic E-state index is 0.0848. The van der Waals surface area contributed by atoms with Crippen LogP contribution >= 0.6 is 11.3 Å². The summed E-state index contributed by atoms with van der Waals surface area (Å²) in [5.41, 5.74) is 5.14. The first-order chi connectivity index (χ1) is 13.5. The summed E-state index contributed by atoms with van der Waals surface area (Å²) >= 11 is 1.55. The number of thiophene rings is 1. The molecule has 0 amide bonds. The molecule has 0 radical (unpaired) electrons. The van der Waals surface area contributed by atoms with Crippen LogP contribution in [0.15, 0.2) is 53.3 Å². The van der Waals surface area contributed by atoms with Gasteiger partial charge in [0.05, 0.1) is 11.9 Å². The Morgan fingerprint density at radius 1 is 0.964 bits per heavy atom. The van der Waals surface area contributed by atoms with Crippen molar-refractivity contribution < 1.29 is 0 Å². The van der Waals surface area contributed by atoms with Crippen LogP contribution in [-0.2, 0) is 6.54 Å². The highest BCUT2D eigenvalue weighted by Gasteiger charge is 2.20. The van der Waals surface area contributed by atoms with Crippen molar-refractivity contribution in [1.29, 1.82) is 0 Å². The van der Waals surface area contributed by atoms with Crippen molar-refractivity contribution in [3.05, 3.63) is 74.9 Å². The lowest BCUT2D eigenvalue weighted by molar-refractivity contribution is 0.796. The zero-order valence-corrected chi connectivity index (χ0v) is 16.9. The van der Waals surface area contributed by atoms with Gasteiger partial charge in [-0.25, -0.2) is 4.98 Å². The third kappa shape index (κ3) is 3.04. The second kappa shape index (κ2) is 7.10. The molecule has 0 aliphatic rings. The van der Waals surface area contributed by atoms with Gasteiger partial charge in [-0.1, -0.05) is 65.6 Å². The molecule has 2 aromatic carbocycles. The molecule has 0 N–H and O–H groups in total. The van der Waals surface area contributed by atoms with E-state index in [1.165, 1.54) is 5.56 Å². The number of hydrogen-bond donors (Lipinski definition) is 0. The quantitative estimate of drug-likeness (QED) is 0.446. The fourth-order valence-corrected chi connectivity index (χ4v) is 4.46. The monoisotopic (exact) mass is 384 g/mol. The van der Waals surface area contributed by atoms with Gasteiger partial charge < -0.3 is 0 Å². The third-order valence-electron chi connectivity index (χ3n) is 4.89. The maximum atomic E-state index is 13.5. The SMILES string of the molecule is C#CCn1c(-c2ccc(C)cc2)nc2sc(C)c(-c3ccc(C)cc3)c2c1=O. The lowest BCUT2D eigenvalue weighted by Crippen LogP contribution is -2.23. The van der Waals surface area contributed by atoms with E-state index in [-0.39, 0.29) is 12.1 Å². The van der Waals surface area contributed by atoms with Gasteiger partial charge >= 0.3 is 0 Å². The number of nitrogens with zero attached hydrogens (tertiary/aromatic N) is 2. The molecule has 138 valence electrons. The summed E-state index contributed by atoms with van der Waals surface area (Å²) in [4.78, 5) is 20.2. The smallest absolute Gasteiger partial charge is 0.264 e. The van der Waals surface area contributed by atoms with Crippen molar-refractivity contribution in [2.75, 3.05) is 0 Å². The Labute approximate surface area is 168 Å². The van der Waals surface area contributed by atoms with E-state index >= 15 is 0 Å². The molecule has 0 atom stereocenters. The Morgan fingerprint density at radius 2 is 1.54 bits per heavy atom. The highest BCUT2D eigenvalue weighted by molar-refractivity contribution is 7.19. The molecule has 4 aromatic rings. The lowest BCUT2D eigenvalue weighted by atomic mass is 10.0. The number of fused-ring (bicyclic) bond motifs is 1. The number of aryl methyl sites for hydroxylation is 3. The average Bonchev–Trinajstić information content (AvgIpc) is 3.01. The zero-order valence-electron chi connectivity index (χ0n) is 16.1. The van der Waals surface area contributed by atoms with Gasteiger partial charge in [-0.15, -0.1) is 17.8 Å². The van der Waals surface area contributed by atoms with Crippen LogP contribution in [0.4, 0.5) is 0 Å². The summed E-state index contributed by atoms with van der Waals surface area (Å²) in [6.45, 7) is 6.31. The van der Waals surface area contributed by atoms with Crippen molar-refractivity contribution >= 4 is 21.6 Å². The van der Waals surface area contributed by atoms with Crippen LogP contribution in [0.1, 0.15) is 16.0 Å². The van der Waals surface area contributed by atoms with E-state index in [1.807, 2.05) is 38.1 Å². The van der Waals surface area contributed by atoms with Gasteiger partial charge in [-0.2, -0.15) is 0 Å². The number of terminal acetylenes is 1. The van der Waals surface area contributed by atoms with E-state index in [9.17, 15) is 4.79 Å². The topological polar surface area (TPSA) is 34.9 Å². The first-order valence-electron chi connectivity index (χ1n) is 9.11. The second-order valence-electron chi connectivity index (χ2n) is 6.98. The Balaban J connectivity index is 2.04. The molecule has 0 saturated heterocycles. The van der Waals surface area contributed by atoms with Crippen molar-refractivity contribution in [3.8, 4) is 34.9 Å². The van der Waals surface area contributed by atoms with Crippen molar-refractivity contribution in [2.24, 2.45) is 0 Å². The zero-order chi connectivity index (χ0) is 19.8. The van der Waals surface area contributed by atoms with Gasteiger partial charge in [-0.05, 0) is 26.3 Å².